The van der Waals surface area contributed by atoms with Crippen LogP contribution in [0.5, 0.6) is 0 Å². The zero-order valence-corrected chi connectivity index (χ0v) is 11.0. The Bertz CT molecular complexity index is 333. The number of rotatable bonds is 6. The summed E-state index contributed by atoms with van der Waals surface area (Å²) >= 11 is 0. The Balaban J connectivity index is 2.69. The molecule has 4 heteroatoms. The highest BCUT2D eigenvalue weighted by Gasteiger charge is 2.14. The van der Waals surface area contributed by atoms with Crippen molar-refractivity contribution in [2.24, 2.45) is 7.05 Å². The molecule has 0 spiro atoms. The van der Waals surface area contributed by atoms with E-state index < -0.39 is 0 Å². The monoisotopic (exact) mass is 225 g/mol. The molecule has 0 aliphatic heterocycles. The van der Waals surface area contributed by atoms with Crippen LogP contribution in [0.25, 0.3) is 0 Å². The molecule has 16 heavy (non-hydrogen) atoms. The lowest BCUT2D eigenvalue weighted by Gasteiger charge is -2.16. The van der Waals surface area contributed by atoms with E-state index in [1.54, 1.807) is 0 Å². The molecule has 1 heterocycles. The second kappa shape index (κ2) is 6.01. The van der Waals surface area contributed by atoms with Crippen molar-refractivity contribution < 1.29 is 4.74 Å². The second-order valence-electron chi connectivity index (χ2n) is 4.12. The number of ether oxygens (including phenoxy) is 1. The molecule has 0 radical (unpaired) electrons. The Morgan fingerprint density at radius 2 is 2.12 bits per heavy atom. The average Bonchev–Trinajstić information content (AvgIpc) is 2.50. The van der Waals surface area contributed by atoms with Crippen molar-refractivity contribution in [1.29, 1.82) is 0 Å². The van der Waals surface area contributed by atoms with Gasteiger partial charge in [-0.05, 0) is 39.8 Å². The largest absolute Gasteiger partial charge is 0.380 e. The first kappa shape index (κ1) is 13.2. The van der Waals surface area contributed by atoms with E-state index in [1.807, 2.05) is 25.7 Å². The van der Waals surface area contributed by atoms with Crippen LogP contribution in [0.4, 0.5) is 0 Å². The van der Waals surface area contributed by atoms with Crippen molar-refractivity contribution >= 4 is 0 Å². The Morgan fingerprint density at radius 3 is 2.56 bits per heavy atom. The molecule has 0 bridgehead atoms. The van der Waals surface area contributed by atoms with E-state index in [-0.39, 0.29) is 0 Å². The zero-order valence-electron chi connectivity index (χ0n) is 11.0. The summed E-state index contributed by atoms with van der Waals surface area (Å²) in [5.41, 5.74) is 3.70. The average molecular weight is 225 g/mol. The summed E-state index contributed by atoms with van der Waals surface area (Å²) in [7, 11) is 3.97. The molecule has 4 nitrogen and oxygen atoms in total. The van der Waals surface area contributed by atoms with Gasteiger partial charge in [0.25, 0.3) is 0 Å². The van der Waals surface area contributed by atoms with Gasteiger partial charge in [-0.3, -0.25) is 4.68 Å². The van der Waals surface area contributed by atoms with Crippen LogP contribution in [-0.2, 0) is 18.2 Å². The molecule has 0 aromatic carbocycles. The van der Waals surface area contributed by atoms with E-state index >= 15 is 0 Å². The van der Waals surface area contributed by atoms with Crippen molar-refractivity contribution in [2.45, 2.75) is 33.2 Å². The molecule has 92 valence electrons. The lowest BCUT2D eigenvalue weighted by Crippen LogP contribution is -2.32. The molecule has 0 aliphatic rings. The summed E-state index contributed by atoms with van der Waals surface area (Å²) in [6.07, 6.45) is 0.974. The van der Waals surface area contributed by atoms with Crippen molar-refractivity contribution in [3.63, 3.8) is 0 Å². The first-order valence-electron chi connectivity index (χ1n) is 5.84. The zero-order chi connectivity index (χ0) is 12.1. The maximum atomic E-state index is 5.46. The van der Waals surface area contributed by atoms with Crippen LogP contribution in [0.15, 0.2) is 0 Å². The second-order valence-corrected chi connectivity index (χ2v) is 4.12. The summed E-state index contributed by atoms with van der Waals surface area (Å²) in [4.78, 5) is 0. The van der Waals surface area contributed by atoms with Crippen LogP contribution in [-0.4, -0.2) is 36.1 Å². The molecule has 0 amide bonds. The standard InChI is InChI=1S/C12H23N3O/c1-6-16-8-11(13-4)7-12-9(2)14-15(5)10(12)3/h11,13H,6-8H2,1-5H3. The molecule has 0 saturated carbocycles. The van der Waals surface area contributed by atoms with Crippen molar-refractivity contribution in [3.05, 3.63) is 17.0 Å². The minimum absolute atomic E-state index is 0.363. The Kier molecular flexibility index (Phi) is 4.96. The third kappa shape index (κ3) is 3.06. The number of hydrogen-bond donors (Lipinski definition) is 1. The first-order chi connectivity index (χ1) is 7.60. The number of nitrogens with zero attached hydrogens (tertiary/aromatic N) is 2. The van der Waals surface area contributed by atoms with Gasteiger partial charge in [-0.2, -0.15) is 5.10 Å². The highest BCUT2D eigenvalue weighted by molar-refractivity contribution is 5.25. The lowest BCUT2D eigenvalue weighted by molar-refractivity contribution is 0.125. The van der Waals surface area contributed by atoms with Crippen molar-refractivity contribution in [3.8, 4) is 0 Å². The first-order valence-corrected chi connectivity index (χ1v) is 5.84. The maximum Gasteiger partial charge on any atom is 0.0628 e. The van der Waals surface area contributed by atoms with Gasteiger partial charge >= 0.3 is 0 Å². The van der Waals surface area contributed by atoms with Gasteiger partial charge in [-0.15, -0.1) is 0 Å². The minimum Gasteiger partial charge on any atom is -0.380 e. The van der Waals surface area contributed by atoms with Gasteiger partial charge in [0.15, 0.2) is 0 Å². The predicted octanol–water partition coefficient (Wildman–Crippen LogP) is 1.20. The molecule has 1 aromatic heterocycles. The molecule has 0 aliphatic carbocycles. The molecule has 1 aromatic rings. The van der Waals surface area contributed by atoms with Gasteiger partial charge in [0.2, 0.25) is 0 Å². The lowest BCUT2D eigenvalue weighted by atomic mass is 10.0. The third-order valence-corrected chi connectivity index (χ3v) is 3.04. The third-order valence-electron chi connectivity index (χ3n) is 3.04. The molecule has 1 rings (SSSR count). The smallest absolute Gasteiger partial charge is 0.0628 e. The van der Waals surface area contributed by atoms with Gasteiger partial charge in [-0.1, -0.05) is 0 Å². The molecule has 0 fully saturated rings. The molecular weight excluding hydrogens is 202 g/mol. The van der Waals surface area contributed by atoms with E-state index in [0.717, 1.165) is 25.3 Å². The SMILES string of the molecule is CCOCC(Cc1c(C)nn(C)c1C)NC. The van der Waals surface area contributed by atoms with E-state index in [4.69, 9.17) is 4.74 Å². The molecule has 1 N–H and O–H groups in total. The number of hydrogen-bond acceptors (Lipinski definition) is 3. The number of likely N-dealkylation sites (N-methyl/N-ethyl adjacent to an activating group) is 1. The van der Waals surface area contributed by atoms with Crippen LogP contribution in [0.2, 0.25) is 0 Å². The quantitative estimate of drug-likeness (QED) is 0.791. The van der Waals surface area contributed by atoms with Crippen molar-refractivity contribution in [1.82, 2.24) is 15.1 Å². The number of nitrogens with one attached hydrogen (secondary N) is 1. The van der Waals surface area contributed by atoms with Crippen LogP contribution >= 0.6 is 0 Å². The van der Waals surface area contributed by atoms with Crippen LogP contribution < -0.4 is 5.32 Å². The van der Waals surface area contributed by atoms with Gasteiger partial charge in [-0.25, -0.2) is 0 Å². The predicted molar refractivity (Wildman–Crippen MR) is 65.7 cm³/mol. The maximum absolute atomic E-state index is 5.46. The highest BCUT2D eigenvalue weighted by atomic mass is 16.5. The summed E-state index contributed by atoms with van der Waals surface area (Å²) in [6, 6.07) is 0.363. The van der Waals surface area contributed by atoms with Crippen LogP contribution in [0.3, 0.4) is 0 Å². The van der Waals surface area contributed by atoms with Gasteiger partial charge in [0.05, 0.1) is 12.3 Å². The van der Waals surface area contributed by atoms with E-state index in [1.165, 1.54) is 11.3 Å². The molecule has 1 unspecified atom stereocenters. The number of aromatic nitrogens is 2. The van der Waals surface area contributed by atoms with Crippen LogP contribution in [0, 0.1) is 13.8 Å². The Morgan fingerprint density at radius 1 is 1.44 bits per heavy atom. The van der Waals surface area contributed by atoms with Gasteiger partial charge in [0, 0.05) is 25.4 Å². The normalized spacial score (nSPS) is 13.1. The number of aryl methyl sites for hydroxylation is 2. The summed E-state index contributed by atoms with van der Waals surface area (Å²) in [6.45, 7) is 7.72. The topological polar surface area (TPSA) is 39.1 Å². The molecular formula is C12H23N3O. The Labute approximate surface area is 98.0 Å². The van der Waals surface area contributed by atoms with Crippen LogP contribution in [0.1, 0.15) is 23.9 Å². The fourth-order valence-electron chi connectivity index (χ4n) is 1.86. The van der Waals surface area contributed by atoms with E-state index in [2.05, 4.69) is 24.3 Å². The Hall–Kier alpha value is -0.870. The minimum atomic E-state index is 0.363. The summed E-state index contributed by atoms with van der Waals surface area (Å²) in [5, 5.41) is 7.71. The van der Waals surface area contributed by atoms with E-state index in [9.17, 15) is 0 Å². The highest BCUT2D eigenvalue weighted by Crippen LogP contribution is 2.14. The van der Waals surface area contributed by atoms with Crippen molar-refractivity contribution in [2.75, 3.05) is 20.3 Å². The fraction of sp³-hybridized carbons (Fsp3) is 0.750. The summed E-state index contributed by atoms with van der Waals surface area (Å²) in [5.74, 6) is 0. The van der Waals surface area contributed by atoms with Gasteiger partial charge in [0.1, 0.15) is 0 Å². The van der Waals surface area contributed by atoms with E-state index in [0.29, 0.717) is 6.04 Å². The molecule has 1 atom stereocenters. The van der Waals surface area contributed by atoms with Gasteiger partial charge < -0.3 is 10.1 Å². The molecule has 0 saturated heterocycles. The summed E-state index contributed by atoms with van der Waals surface area (Å²) < 4.78 is 7.40. The fourth-order valence-corrected chi connectivity index (χ4v) is 1.86.